The summed E-state index contributed by atoms with van der Waals surface area (Å²) in [6.45, 7) is 19.2. The van der Waals surface area contributed by atoms with E-state index in [1.54, 1.807) is 12.1 Å². The van der Waals surface area contributed by atoms with Crippen LogP contribution < -0.4 is 5.73 Å². The first-order valence-corrected chi connectivity index (χ1v) is 13.0. The summed E-state index contributed by atoms with van der Waals surface area (Å²) in [6, 6.07) is 6.90. The molecule has 1 fully saturated rings. The van der Waals surface area contributed by atoms with Crippen molar-refractivity contribution < 1.29 is 19.7 Å². The van der Waals surface area contributed by atoms with Crippen LogP contribution in [-0.4, -0.2) is 34.1 Å². The third kappa shape index (κ3) is 7.20. The molecule has 1 aromatic carbocycles. The zero-order valence-electron chi connectivity index (χ0n) is 23.3. The van der Waals surface area contributed by atoms with E-state index < -0.39 is 17.9 Å². The minimum Gasteiger partial charge on any atom is -0.507 e. The van der Waals surface area contributed by atoms with Crippen LogP contribution in [0.15, 0.2) is 18.2 Å². The Morgan fingerprint density at radius 3 is 2.20 bits per heavy atom. The first-order chi connectivity index (χ1) is 16.0. The molecule has 1 aromatic rings. The predicted molar refractivity (Wildman–Crippen MR) is 140 cm³/mol. The number of phenolic OH excluding ortho intramolecular Hbond substituents is 1. The van der Waals surface area contributed by atoms with Crippen LogP contribution in [0.25, 0.3) is 0 Å². The number of nitrogens with two attached hydrogens (primary N) is 1. The van der Waals surface area contributed by atoms with Gasteiger partial charge >= 0.3 is 0 Å². The quantitative estimate of drug-likeness (QED) is 0.370. The zero-order chi connectivity index (χ0) is 26.8. The Morgan fingerprint density at radius 1 is 1.06 bits per heavy atom. The molecule has 6 atom stereocenters. The topological polar surface area (TPSA) is 109 Å². The Balaban J connectivity index is 2.23. The lowest BCUT2D eigenvalue weighted by atomic mass is 9.64. The van der Waals surface area contributed by atoms with Gasteiger partial charge in [-0.25, -0.2) is 0 Å². The third-order valence-electron chi connectivity index (χ3n) is 8.65. The van der Waals surface area contributed by atoms with Gasteiger partial charge in [0.1, 0.15) is 5.75 Å². The fourth-order valence-corrected chi connectivity index (χ4v) is 5.02. The highest BCUT2D eigenvalue weighted by Gasteiger charge is 2.44. The second-order valence-corrected chi connectivity index (χ2v) is 12.7. The first kappa shape index (κ1) is 29.6. The summed E-state index contributed by atoms with van der Waals surface area (Å²) < 4.78 is 12.7. The molecular formula is C29H48N2O4. The Kier molecular flexibility index (Phi) is 9.44. The van der Waals surface area contributed by atoms with Crippen molar-refractivity contribution in [1.82, 2.24) is 0 Å². The van der Waals surface area contributed by atoms with E-state index in [0.717, 1.165) is 19.3 Å². The van der Waals surface area contributed by atoms with Gasteiger partial charge in [0, 0.05) is 12.0 Å². The maximum atomic E-state index is 10.5. The molecule has 0 bridgehead atoms. The molecule has 6 nitrogen and oxygen atoms in total. The van der Waals surface area contributed by atoms with Crippen LogP contribution in [0.2, 0.25) is 0 Å². The molecule has 0 aliphatic carbocycles. The summed E-state index contributed by atoms with van der Waals surface area (Å²) >= 11 is 0. The molecule has 1 aliphatic rings. The molecule has 35 heavy (non-hydrogen) atoms. The number of hydrogen-bond acceptors (Lipinski definition) is 6. The largest absolute Gasteiger partial charge is 0.507 e. The molecule has 0 aromatic heterocycles. The van der Waals surface area contributed by atoms with Gasteiger partial charge in [-0.05, 0) is 74.0 Å². The van der Waals surface area contributed by atoms with Crippen molar-refractivity contribution in [1.29, 1.82) is 5.26 Å². The van der Waals surface area contributed by atoms with Gasteiger partial charge in [-0.1, -0.05) is 48.5 Å². The number of aromatic hydroxyl groups is 1. The standard InChI is InChI=1S/C29H48N2O4/c1-18(2)24-15-25(35-26(34-24)22-14-21(17-30)10-11-23(22)33)20(4)27(5,6)12-13-29(9,31)28(7,8)16-19(3)32/h10-11,14,18-20,24-26,32-33H,12-13,15-16,31H2,1-9H3. The Bertz CT molecular complexity index is 885. The van der Waals surface area contributed by atoms with E-state index in [0.29, 0.717) is 17.5 Å². The van der Waals surface area contributed by atoms with Gasteiger partial charge in [0.2, 0.25) is 0 Å². The van der Waals surface area contributed by atoms with Crippen LogP contribution in [0.4, 0.5) is 0 Å². The highest BCUT2D eigenvalue weighted by atomic mass is 16.7. The number of hydrogen-bond donors (Lipinski definition) is 3. The molecule has 0 saturated carbocycles. The second-order valence-electron chi connectivity index (χ2n) is 12.7. The van der Waals surface area contributed by atoms with E-state index in [9.17, 15) is 15.5 Å². The van der Waals surface area contributed by atoms with Crippen molar-refractivity contribution in [2.75, 3.05) is 0 Å². The molecule has 6 heteroatoms. The lowest BCUT2D eigenvalue weighted by molar-refractivity contribution is -0.271. The van der Waals surface area contributed by atoms with Crippen LogP contribution in [-0.2, 0) is 9.47 Å². The van der Waals surface area contributed by atoms with E-state index in [2.05, 4.69) is 61.5 Å². The van der Waals surface area contributed by atoms with Crippen molar-refractivity contribution in [2.45, 2.75) is 118 Å². The van der Waals surface area contributed by atoms with Crippen LogP contribution in [0.5, 0.6) is 5.75 Å². The van der Waals surface area contributed by atoms with Gasteiger partial charge < -0.3 is 25.4 Å². The summed E-state index contributed by atoms with van der Waals surface area (Å²) in [5.74, 6) is 0.560. The van der Waals surface area contributed by atoms with E-state index in [4.69, 9.17) is 15.2 Å². The zero-order valence-corrected chi connectivity index (χ0v) is 23.3. The smallest absolute Gasteiger partial charge is 0.188 e. The van der Waals surface area contributed by atoms with E-state index in [1.165, 1.54) is 6.07 Å². The fourth-order valence-electron chi connectivity index (χ4n) is 5.02. The Morgan fingerprint density at radius 2 is 1.66 bits per heavy atom. The average Bonchev–Trinajstić information content (AvgIpc) is 2.76. The summed E-state index contributed by atoms with van der Waals surface area (Å²) in [5, 5.41) is 29.8. The Hall–Kier alpha value is -1.65. The summed E-state index contributed by atoms with van der Waals surface area (Å²) in [5.41, 5.74) is 7.09. The number of nitriles is 1. The van der Waals surface area contributed by atoms with Crippen LogP contribution >= 0.6 is 0 Å². The summed E-state index contributed by atoms with van der Waals surface area (Å²) in [7, 11) is 0. The number of rotatable bonds is 10. The SMILES string of the molecule is CC(O)CC(C)(C)C(C)(N)CCC(C)(C)C(C)C1CC(C(C)C)OC(c2cc(C#N)ccc2O)O1. The third-order valence-corrected chi connectivity index (χ3v) is 8.65. The molecule has 2 rings (SSSR count). The molecule has 0 radical (unpaired) electrons. The fraction of sp³-hybridized carbons (Fsp3) is 0.759. The minimum absolute atomic E-state index is 0.0214. The average molecular weight is 489 g/mol. The van der Waals surface area contributed by atoms with E-state index >= 15 is 0 Å². The molecule has 6 unspecified atom stereocenters. The molecule has 0 amide bonds. The van der Waals surface area contributed by atoms with Crippen molar-refractivity contribution in [3.63, 3.8) is 0 Å². The molecule has 198 valence electrons. The van der Waals surface area contributed by atoms with E-state index in [1.807, 2.05) is 6.92 Å². The van der Waals surface area contributed by atoms with Gasteiger partial charge in [-0.2, -0.15) is 5.26 Å². The number of ether oxygens (including phenoxy) is 2. The maximum absolute atomic E-state index is 10.5. The van der Waals surface area contributed by atoms with Crippen molar-refractivity contribution in [2.24, 2.45) is 28.4 Å². The molecule has 1 aliphatic heterocycles. The molecule has 1 saturated heterocycles. The molecular weight excluding hydrogens is 440 g/mol. The van der Waals surface area contributed by atoms with Crippen molar-refractivity contribution in [3.8, 4) is 11.8 Å². The lowest BCUT2D eigenvalue weighted by Crippen LogP contribution is -2.52. The van der Waals surface area contributed by atoms with Gasteiger partial charge in [-0.15, -0.1) is 0 Å². The second kappa shape index (κ2) is 11.2. The predicted octanol–water partition coefficient (Wildman–Crippen LogP) is 6.05. The van der Waals surface area contributed by atoms with Crippen LogP contribution in [0.1, 0.15) is 105 Å². The lowest BCUT2D eigenvalue weighted by Gasteiger charge is -2.47. The van der Waals surface area contributed by atoms with Gasteiger partial charge in [0.25, 0.3) is 0 Å². The number of phenols is 1. The van der Waals surface area contributed by atoms with Gasteiger partial charge in [-0.3, -0.25) is 0 Å². The Labute approximate surface area is 212 Å². The number of benzene rings is 1. The number of aliphatic hydroxyl groups is 1. The van der Waals surface area contributed by atoms with Crippen LogP contribution in [0.3, 0.4) is 0 Å². The van der Waals surface area contributed by atoms with Crippen molar-refractivity contribution in [3.05, 3.63) is 29.3 Å². The first-order valence-electron chi connectivity index (χ1n) is 13.0. The molecule has 4 N–H and O–H groups in total. The number of aliphatic hydroxyl groups excluding tert-OH is 1. The highest BCUT2D eigenvalue weighted by molar-refractivity contribution is 5.42. The minimum atomic E-state index is -0.725. The summed E-state index contributed by atoms with van der Waals surface area (Å²) in [4.78, 5) is 0. The number of nitrogens with zero attached hydrogens (tertiary/aromatic N) is 1. The monoisotopic (exact) mass is 488 g/mol. The normalized spacial score (nSPS) is 25.1. The van der Waals surface area contributed by atoms with E-state index in [-0.39, 0.29) is 40.6 Å². The van der Waals surface area contributed by atoms with Crippen LogP contribution in [0, 0.1) is 34.0 Å². The van der Waals surface area contributed by atoms with Gasteiger partial charge in [0.15, 0.2) is 6.29 Å². The summed E-state index contributed by atoms with van der Waals surface area (Å²) in [6.07, 6.45) is 1.95. The van der Waals surface area contributed by atoms with Crippen molar-refractivity contribution >= 4 is 0 Å². The van der Waals surface area contributed by atoms with Gasteiger partial charge in [0.05, 0.1) is 35.5 Å². The molecule has 1 heterocycles. The highest BCUT2D eigenvalue weighted by Crippen LogP contribution is 2.46. The maximum Gasteiger partial charge on any atom is 0.188 e. The molecule has 0 spiro atoms.